The summed E-state index contributed by atoms with van der Waals surface area (Å²) in [6, 6.07) is -0.621. The van der Waals surface area contributed by atoms with Crippen molar-refractivity contribution in [2.45, 2.75) is 18.8 Å². The van der Waals surface area contributed by atoms with Gasteiger partial charge in [-0.1, -0.05) is 7.43 Å². The molecule has 1 saturated heterocycles. The number of aliphatic hydroxyl groups excluding tert-OH is 1. The summed E-state index contributed by atoms with van der Waals surface area (Å²) in [5.74, 6) is -1.18. The smallest absolute Gasteiger partial charge is 0.352 e. The Bertz CT molecular complexity index is 369. The van der Waals surface area contributed by atoms with E-state index in [1.165, 1.54) is 11.8 Å². The van der Waals surface area contributed by atoms with Gasteiger partial charge >= 0.3 is 5.97 Å². The third-order valence-electron chi connectivity index (χ3n) is 2.48. The van der Waals surface area contributed by atoms with E-state index in [2.05, 4.69) is 0 Å². The van der Waals surface area contributed by atoms with E-state index in [4.69, 9.17) is 15.9 Å². The monoisotopic (exact) mass is 246 g/mol. The van der Waals surface area contributed by atoms with Crippen molar-refractivity contribution in [3.05, 3.63) is 11.3 Å². The predicted molar refractivity (Wildman–Crippen MR) is 59.5 cm³/mol. The molecule has 2 rings (SSSR count). The molecule has 2 heterocycles. The maximum Gasteiger partial charge on any atom is 0.352 e. The fourth-order valence-electron chi connectivity index (χ4n) is 1.70. The molecule has 2 aliphatic heterocycles. The molecule has 1 amide bonds. The number of carbonyl (C=O) groups excluding carboxylic acids is 1. The molecule has 6 nitrogen and oxygen atoms in total. The van der Waals surface area contributed by atoms with Crippen molar-refractivity contribution in [3.63, 3.8) is 0 Å². The number of nitrogens with zero attached hydrogens (tertiary/aromatic N) is 1. The molecule has 0 spiro atoms. The van der Waals surface area contributed by atoms with Crippen molar-refractivity contribution in [1.29, 1.82) is 0 Å². The summed E-state index contributed by atoms with van der Waals surface area (Å²) in [5, 5.41) is 17.6. The second kappa shape index (κ2) is 4.44. The number of thioether (sulfide) groups is 1. The Morgan fingerprint density at radius 3 is 2.75 bits per heavy atom. The van der Waals surface area contributed by atoms with Gasteiger partial charge < -0.3 is 15.9 Å². The van der Waals surface area contributed by atoms with Crippen molar-refractivity contribution in [1.82, 2.24) is 4.90 Å². The van der Waals surface area contributed by atoms with E-state index >= 15 is 0 Å². The lowest BCUT2D eigenvalue weighted by atomic mass is 10.0. The Hall–Kier alpha value is -1.05. The minimum Gasteiger partial charge on any atom is -0.477 e. The van der Waals surface area contributed by atoms with Crippen LogP contribution in [-0.2, 0) is 9.59 Å². The first kappa shape index (κ1) is 13.0. The number of carboxylic acids is 1. The molecular weight excluding hydrogens is 232 g/mol. The van der Waals surface area contributed by atoms with Gasteiger partial charge in [0.1, 0.15) is 17.1 Å². The number of hydrogen-bond donors (Lipinski definition) is 3. The van der Waals surface area contributed by atoms with E-state index in [-0.39, 0.29) is 25.1 Å². The fourth-order valence-corrected chi connectivity index (χ4v) is 2.98. The van der Waals surface area contributed by atoms with Crippen molar-refractivity contribution in [2.24, 2.45) is 5.73 Å². The van der Waals surface area contributed by atoms with Crippen LogP contribution in [0.15, 0.2) is 11.3 Å². The van der Waals surface area contributed by atoms with Crippen LogP contribution >= 0.6 is 11.8 Å². The second-order valence-electron chi connectivity index (χ2n) is 3.35. The van der Waals surface area contributed by atoms with Gasteiger partial charge in [-0.15, -0.1) is 11.8 Å². The molecule has 2 unspecified atom stereocenters. The quantitative estimate of drug-likeness (QED) is 0.551. The van der Waals surface area contributed by atoms with Crippen molar-refractivity contribution >= 4 is 23.6 Å². The van der Waals surface area contributed by atoms with Gasteiger partial charge in [0.05, 0.1) is 6.61 Å². The highest BCUT2D eigenvalue weighted by molar-refractivity contribution is 8.00. The predicted octanol–water partition coefficient (Wildman–Crippen LogP) is -0.804. The lowest BCUT2D eigenvalue weighted by Crippen LogP contribution is -2.68. The molecule has 4 N–H and O–H groups in total. The number of β-lactam (4-membered cyclic amide) rings is 1. The van der Waals surface area contributed by atoms with E-state index in [9.17, 15) is 9.59 Å². The van der Waals surface area contributed by atoms with E-state index in [1.807, 2.05) is 0 Å². The number of aliphatic carboxylic acids is 1. The molecule has 1 fully saturated rings. The summed E-state index contributed by atoms with van der Waals surface area (Å²) < 4.78 is 0. The van der Waals surface area contributed by atoms with Gasteiger partial charge in [-0.2, -0.15) is 0 Å². The minimum absolute atomic E-state index is 0. The largest absolute Gasteiger partial charge is 0.477 e. The summed E-state index contributed by atoms with van der Waals surface area (Å²) in [6.07, 6.45) is 0. The Kier molecular flexibility index (Phi) is 3.61. The summed E-state index contributed by atoms with van der Waals surface area (Å²) in [5.41, 5.74) is 5.80. The Morgan fingerprint density at radius 1 is 1.62 bits per heavy atom. The highest BCUT2D eigenvalue weighted by atomic mass is 32.2. The van der Waals surface area contributed by atoms with Crippen LogP contribution in [0.3, 0.4) is 0 Å². The zero-order chi connectivity index (χ0) is 11.2. The maximum atomic E-state index is 11.4. The molecule has 0 aromatic rings. The van der Waals surface area contributed by atoms with Gasteiger partial charge in [0.2, 0.25) is 5.91 Å². The Balaban J connectivity index is 0.00000128. The maximum absolute atomic E-state index is 11.4. The lowest BCUT2D eigenvalue weighted by molar-refractivity contribution is -0.148. The standard InChI is InChI=1S/C8H10N2O4S.CH4/c9-4-6(12)10-5(8(13)14)3(1-11)2-15-7(4)10;/h4,7,11H,1-2,9H2,(H,13,14);1H4. The summed E-state index contributed by atoms with van der Waals surface area (Å²) >= 11 is 1.38. The van der Waals surface area contributed by atoms with Gasteiger partial charge in [0, 0.05) is 5.75 Å². The van der Waals surface area contributed by atoms with Gasteiger partial charge in [-0.05, 0) is 5.57 Å². The molecule has 0 aromatic carbocycles. The molecule has 2 aliphatic rings. The first-order chi connectivity index (χ1) is 7.07. The number of rotatable bonds is 2. The van der Waals surface area contributed by atoms with E-state index in [1.54, 1.807) is 0 Å². The van der Waals surface area contributed by atoms with Crippen LogP contribution in [0.5, 0.6) is 0 Å². The number of aliphatic hydroxyl groups is 1. The van der Waals surface area contributed by atoms with E-state index < -0.39 is 17.9 Å². The Morgan fingerprint density at radius 2 is 2.25 bits per heavy atom. The molecular formula is C9H14N2O4S. The van der Waals surface area contributed by atoms with Crippen LogP contribution in [0.25, 0.3) is 0 Å². The van der Waals surface area contributed by atoms with Gasteiger partial charge in [0.15, 0.2) is 0 Å². The van der Waals surface area contributed by atoms with E-state index in [0.717, 1.165) is 4.90 Å². The molecule has 90 valence electrons. The van der Waals surface area contributed by atoms with E-state index in [0.29, 0.717) is 11.3 Å². The van der Waals surface area contributed by atoms with Gasteiger partial charge in [-0.25, -0.2) is 4.79 Å². The summed E-state index contributed by atoms with van der Waals surface area (Å²) in [6.45, 7) is -0.347. The van der Waals surface area contributed by atoms with Gasteiger partial charge in [-0.3, -0.25) is 9.69 Å². The third kappa shape index (κ3) is 1.60. The number of fused-ring (bicyclic) bond motifs is 1. The highest BCUT2D eigenvalue weighted by Gasteiger charge is 2.51. The molecule has 0 radical (unpaired) electrons. The number of carbonyl (C=O) groups is 2. The average molecular weight is 246 g/mol. The Labute approximate surface area is 97.1 Å². The first-order valence-electron chi connectivity index (χ1n) is 4.34. The molecule has 0 saturated carbocycles. The zero-order valence-corrected chi connectivity index (χ0v) is 8.53. The van der Waals surface area contributed by atoms with Crippen molar-refractivity contribution in [2.75, 3.05) is 12.4 Å². The SMILES string of the molecule is C.NC1C(=O)N2C(C(=O)O)=C(CO)CSC12. The van der Waals surface area contributed by atoms with Crippen LogP contribution in [-0.4, -0.2) is 50.8 Å². The van der Waals surface area contributed by atoms with Crippen molar-refractivity contribution < 1.29 is 19.8 Å². The van der Waals surface area contributed by atoms with Gasteiger partial charge in [0.25, 0.3) is 0 Å². The summed E-state index contributed by atoms with van der Waals surface area (Å²) in [7, 11) is 0. The molecule has 7 heteroatoms. The third-order valence-corrected chi connectivity index (χ3v) is 3.84. The second-order valence-corrected chi connectivity index (χ2v) is 4.46. The molecule has 0 bridgehead atoms. The van der Waals surface area contributed by atoms with Crippen LogP contribution in [0.1, 0.15) is 7.43 Å². The van der Waals surface area contributed by atoms with Crippen LogP contribution in [0, 0.1) is 0 Å². The molecule has 0 aromatic heterocycles. The molecule has 2 atom stereocenters. The number of nitrogens with two attached hydrogens (primary N) is 1. The fraction of sp³-hybridized carbons (Fsp3) is 0.556. The number of amides is 1. The first-order valence-corrected chi connectivity index (χ1v) is 5.39. The zero-order valence-electron chi connectivity index (χ0n) is 7.71. The number of hydrogen-bond acceptors (Lipinski definition) is 5. The normalized spacial score (nSPS) is 28.1. The average Bonchev–Trinajstić information content (AvgIpc) is 2.25. The van der Waals surface area contributed by atoms with Crippen LogP contribution in [0.2, 0.25) is 0 Å². The number of carboxylic acid groups (broad SMARTS) is 1. The van der Waals surface area contributed by atoms with Crippen molar-refractivity contribution in [3.8, 4) is 0 Å². The minimum atomic E-state index is -1.19. The molecule has 0 aliphatic carbocycles. The highest BCUT2D eigenvalue weighted by Crippen LogP contribution is 2.39. The molecule has 16 heavy (non-hydrogen) atoms. The van der Waals surface area contributed by atoms with Crippen LogP contribution < -0.4 is 5.73 Å². The topological polar surface area (TPSA) is 104 Å². The lowest BCUT2D eigenvalue weighted by Gasteiger charge is -2.47. The summed E-state index contributed by atoms with van der Waals surface area (Å²) in [4.78, 5) is 23.5. The van der Waals surface area contributed by atoms with Crippen LogP contribution in [0.4, 0.5) is 0 Å².